The number of rotatable bonds is 1. The van der Waals surface area contributed by atoms with E-state index < -0.39 is 6.30 Å². The van der Waals surface area contributed by atoms with Crippen molar-refractivity contribution in [3.05, 3.63) is 17.8 Å². The molecule has 3 nitrogen and oxygen atoms in total. The zero-order valence-corrected chi connectivity index (χ0v) is 8.15. The number of nitriles is 1. The standard InChI is InChI=1S/C10H9BFN3/c11-8-4-7(5-13)10(14-6-8)15-3-1-2-9(15)12/h4,6,9H,1-3H2. The highest BCUT2D eigenvalue weighted by Crippen LogP contribution is 2.26. The predicted octanol–water partition coefficient (Wildman–Crippen LogP) is 0.643. The van der Waals surface area contributed by atoms with Crippen molar-refractivity contribution in [1.82, 2.24) is 4.98 Å². The first kappa shape index (κ1) is 9.97. The van der Waals surface area contributed by atoms with Crippen LogP contribution in [0, 0.1) is 11.3 Å². The van der Waals surface area contributed by atoms with Gasteiger partial charge in [0, 0.05) is 12.7 Å². The number of alkyl halides is 1. The maximum absolute atomic E-state index is 13.4. The van der Waals surface area contributed by atoms with Gasteiger partial charge in [0.05, 0.1) is 5.56 Å². The van der Waals surface area contributed by atoms with Crippen LogP contribution in [0.5, 0.6) is 0 Å². The van der Waals surface area contributed by atoms with Crippen molar-refractivity contribution in [2.24, 2.45) is 0 Å². The zero-order chi connectivity index (χ0) is 10.8. The van der Waals surface area contributed by atoms with Crippen molar-refractivity contribution >= 4 is 19.1 Å². The van der Waals surface area contributed by atoms with Crippen molar-refractivity contribution < 1.29 is 4.39 Å². The molecule has 0 aliphatic carbocycles. The Morgan fingerprint density at radius 3 is 3.07 bits per heavy atom. The van der Waals surface area contributed by atoms with E-state index in [0.717, 1.165) is 6.42 Å². The highest BCUT2D eigenvalue weighted by atomic mass is 19.1. The summed E-state index contributed by atoms with van der Waals surface area (Å²) in [5.74, 6) is 0.400. The van der Waals surface area contributed by atoms with Gasteiger partial charge in [-0.25, -0.2) is 9.37 Å². The minimum atomic E-state index is -1.03. The maximum Gasteiger partial charge on any atom is 0.173 e. The number of aromatic nitrogens is 1. The van der Waals surface area contributed by atoms with Crippen LogP contribution >= 0.6 is 0 Å². The Morgan fingerprint density at radius 2 is 2.47 bits per heavy atom. The summed E-state index contributed by atoms with van der Waals surface area (Å²) in [5.41, 5.74) is 0.754. The summed E-state index contributed by atoms with van der Waals surface area (Å²) in [6.45, 7) is 0.604. The summed E-state index contributed by atoms with van der Waals surface area (Å²) >= 11 is 0. The number of hydrogen-bond acceptors (Lipinski definition) is 3. The molecule has 1 saturated heterocycles. The molecule has 0 saturated carbocycles. The minimum Gasteiger partial charge on any atom is -0.326 e. The number of pyridine rings is 1. The fourth-order valence-electron chi connectivity index (χ4n) is 1.75. The maximum atomic E-state index is 13.4. The molecule has 0 bridgehead atoms. The monoisotopic (exact) mass is 201 g/mol. The van der Waals surface area contributed by atoms with E-state index in [1.807, 2.05) is 6.07 Å². The normalized spacial score (nSPS) is 20.3. The molecule has 2 rings (SSSR count). The molecule has 1 atom stereocenters. The quantitative estimate of drug-likeness (QED) is 0.494. The van der Waals surface area contributed by atoms with Crippen molar-refractivity contribution in [1.29, 1.82) is 5.26 Å². The Bertz CT molecular complexity index is 416. The Hall–Kier alpha value is -1.57. The predicted molar refractivity (Wildman–Crippen MR) is 55.8 cm³/mol. The molecule has 1 fully saturated rings. The third-order valence-corrected chi connectivity index (χ3v) is 2.46. The van der Waals surface area contributed by atoms with E-state index in [-0.39, 0.29) is 0 Å². The lowest BCUT2D eigenvalue weighted by molar-refractivity contribution is 0.343. The lowest BCUT2D eigenvalue weighted by Gasteiger charge is -2.20. The van der Waals surface area contributed by atoms with E-state index >= 15 is 0 Å². The molecule has 2 radical (unpaired) electrons. The first-order valence-electron chi connectivity index (χ1n) is 4.78. The lowest BCUT2D eigenvalue weighted by Crippen LogP contribution is -2.27. The van der Waals surface area contributed by atoms with Crippen molar-refractivity contribution in [3.63, 3.8) is 0 Å². The summed E-state index contributed by atoms with van der Waals surface area (Å²) < 4.78 is 13.4. The second kappa shape index (κ2) is 3.89. The van der Waals surface area contributed by atoms with Crippen molar-refractivity contribution in [3.8, 4) is 6.07 Å². The Labute approximate surface area is 88.9 Å². The summed E-state index contributed by atoms with van der Waals surface area (Å²) in [5, 5.41) is 8.89. The molecule has 2 heterocycles. The fourth-order valence-corrected chi connectivity index (χ4v) is 1.75. The molecule has 0 aromatic carbocycles. The van der Waals surface area contributed by atoms with Gasteiger partial charge in [0.1, 0.15) is 19.7 Å². The van der Waals surface area contributed by atoms with Crippen molar-refractivity contribution in [2.45, 2.75) is 19.1 Å². The highest BCUT2D eigenvalue weighted by molar-refractivity contribution is 6.32. The summed E-state index contributed by atoms with van der Waals surface area (Å²) in [6.07, 6.45) is 1.70. The van der Waals surface area contributed by atoms with Gasteiger partial charge in [-0.3, -0.25) is 0 Å². The van der Waals surface area contributed by atoms with Gasteiger partial charge in [-0.05, 0) is 18.9 Å². The molecule has 1 aliphatic heterocycles. The van der Waals surface area contributed by atoms with E-state index in [1.54, 1.807) is 0 Å². The summed E-state index contributed by atoms with van der Waals surface area (Å²) in [7, 11) is 5.51. The summed E-state index contributed by atoms with van der Waals surface area (Å²) in [6, 6.07) is 3.50. The van der Waals surface area contributed by atoms with Crippen LogP contribution in [0.2, 0.25) is 0 Å². The highest BCUT2D eigenvalue weighted by Gasteiger charge is 2.26. The average Bonchev–Trinajstić information content (AvgIpc) is 2.64. The van der Waals surface area contributed by atoms with Crippen LogP contribution in [0.25, 0.3) is 0 Å². The molecule has 1 aliphatic rings. The molecule has 0 spiro atoms. The van der Waals surface area contributed by atoms with Crippen LogP contribution in [0.15, 0.2) is 12.3 Å². The van der Waals surface area contributed by atoms with Crippen LogP contribution in [0.3, 0.4) is 0 Å². The molecule has 74 valence electrons. The minimum absolute atomic E-state index is 0.333. The molecule has 5 heteroatoms. The smallest absolute Gasteiger partial charge is 0.173 e. The first-order valence-corrected chi connectivity index (χ1v) is 4.78. The third-order valence-electron chi connectivity index (χ3n) is 2.46. The van der Waals surface area contributed by atoms with Gasteiger partial charge < -0.3 is 4.90 Å². The number of hydrogen-bond donors (Lipinski definition) is 0. The van der Waals surface area contributed by atoms with Gasteiger partial charge in [-0.1, -0.05) is 5.46 Å². The second-order valence-electron chi connectivity index (χ2n) is 3.52. The average molecular weight is 201 g/mol. The van der Waals surface area contributed by atoms with Crippen LogP contribution < -0.4 is 10.4 Å². The zero-order valence-electron chi connectivity index (χ0n) is 8.15. The van der Waals surface area contributed by atoms with Crippen LogP contribution in [0.1, 0.15) is 18.4 Å². The molecule has 1 unspecified atom stereocenters. The molecule has 0 amide bonds. The second-order valence-corrected chi connectivity index (χ2v) is 3.52. The largest absolute Gasteiger partial charge is 0.326 e. The van der Waals surface area contributed by atoms with E-state index in [4.69, 9.17) is 13.1 Å². The van der Waals surface area contributed by atoms with Gasteiger partial charge in [-0.15, -0.1) is 0 Å². The first-order chi connectivity index (χ1) is 7.22. The number of anilines is 1. The lowest BCUT2D eigenvalue weighted by atomic mass is 9.97. The van der Waals surface area contributed by atoms with Gasteiger partial charge in [0.25, 0.3) is 0 Å². The molecular formula is C10H9BFN3. The van der Waals surface area contributed by atoms with Gasteiger partial charge in [0.15, 0.2) is 6.30 Å². The van der Waals surface area contributed by atoms with Crippen LogP contribution in [-0.2, 0) is 0 Å². The Balaban J connectivity index is 2.39. The molecule has 1 aromatic heterocycles. The Morgan fingerprint density at radius 1 is 1.67 bits per heavy atom. The molecule has 1 aromatic rings. The van der Waals surface area contributed by atoms with E-state index in [0.29, 0.717) is 29.8 Å². The summed E-state index contributed by atoms with van der Waals surface area (Å²) in [4.78, 5) is 5.53. The molecule has 15 heavy (non-hydrogen) atoms. The fraction of sp³-hybridized carbons (Fsp3) is 0.400. The molecule has 0 N–H and O–H groups in total. The van der Waals surface area contributed by atoms with Gasteiger partial charge in [-0.2, -0.15) is 5.26 Å². The van der Waals surface area contributed by atoms with Gasteiger partial charge in [0.2, 0.25) is 0 Å². The van der Waals surface area contributed by atoms with Crippen LogP contribution in [-0.4, -0.2) is 25.7 Å². The number of nitrogens with zero attached hydrogens (tertiary/aromatic N) is 3. The topological polar surface area (TPSA) is 39.9 Å². The van der Waals surface area contributed by atoms with Gasteiger partial charge >= 0.3 is 0 Å². The van der Waals surface area contributed by atoms with E-state index in [9.17, 15) is 4.39 Å². The van der Waals surface area contributed by atoms with Crippen LogP contribution in [0.4, 0.5) is 10.2 Å². The SMILES string of the molecule is [B]c1cnc(N2CCCC2F)c(C#N)c1. The van der Waals surface area contributed by atoms with E-state index in [2.05, 4.69) is 4.98 Å². The van der Waals surface area contributed by atoms with E-state index in [1.165, 1.54) is 17.2 Å². The third kappa shape index (κ3) is 1.80. The van der Waals surface area contributed by atoms with Crippen molar-refractivity contribution in [2.75, 3.05) is 11.4 Å². The molecular weight excluding hydrogens is 192 g/mol. The number of halogens is 1. The Kier molecular flexibility index (Phi) is 2.59.